The SMILES string of the molecule is CCSC1(CNC(=NC)NC2CCN(c3ccc(C(C)(C)C)cc3)CC2)CCOCC1.I. The minimum Gasteiger partial charge on any atom is -0.381 e. The highest BCUT2D eigenvalue weighted by Crippen LogP contribution is 2.34. The van der Waals surface area contributed by atoms with Crippen molar-refractivity contribution in [1.82, 2.24) is 10.6 Å². The lowest BCUT2D eigenvalue weighted by molar-refractivity contribution is 0.0782. The van der Waals surface area contributed by atoms with Gasteiger partial charge in [-0.1, -0.05) is 39.8 Å². The Labute approximate surface area is 216 Å². The van der Waals surface area contributed by atoms with Gasteiger partial charge in [0.15, 0.2) is 5.96 Å². The number of ether oxygens (including phenoxy) is 1. The van der Waals surface area contributed by atoms with Crippen LogP contribution in [0.1, 0.15) is 58.9 Å². The molecule has 2 aliphatic rings. The van der Waals surface area contributed by atoms with Crippen molar-refractivity contribution >= 4 is 47.4 Å². The zero-order chi connectivity index (χ0) is 22.3. The van der Waals surface area contributed by atoms with Gasteiger partial charge in [0, 0.05) is 56.4 Å². The number of thioether (sulfide) groups is 1. The van der Waals surface area contributed by atoms with Crippen LogP contribution >= 0.6 is 35.7 Å². The molecule has 182 valence electrons. The van der Waals surface area contributed by atoms with Gasteiger partial charge in [0.2, 0.25) is 0 Å². The van der Waals surface area contributed by atoms with Crippen LogP contribution in [0.5, 0.6) is 0 Å². The maximum absolute atomic E-state index is 5.60. The summed E-state index contributed by atoms with van der Waals surface area (Å²) in [6.45, 7) is 13.9. The molecule has 0 unspecified atom stereocenters. The minimum atomic E-state index is 0. The fourth-order valence-electron chi connectivity index (χ4n) is 4.51. The second-order valence-electron chi connectivity index (χ2n) is 9.86. The Morgan fingerprint density at radius 2 is 1.78 bits per heavy atom. The maximum atomic E-state index is 5.60. The number of guanidine groups is 1. The zero-order valence-electron chi connectivity index (χ0n) is 20.6. The van der Waals surface area contributed by atoms with Crippen LogP contribution in [0.15, 0.2) is 29.3 Å². The molecule has 0 aromatic heterocycles. The van der Waals surface area contributed by atoms with E-state index in [0.29, 0.717) is 6.04 Å². The fourth-order valence-corrected chi connectivity index (χ4v) is 5.75. The number of benzene rings is 1. The second kappa shape index (κ2) is 12.7. The molecule has 2 fully saturated rings. The van der Waals surface area contributed by atoms with Crippen LogP contribution in [0.4, 0.5) is 5.69 Å². The van der Waals surface area contributed by atoms with Gasteiger partial charge in [0.25, 0.3) is 0 Å². The lowest BCUT2D eigenvalue weighted by atomic mass is 9.87. The van der Waals surface area contributed by atoms with Crippen molar-refractivity contribution in [3.05, 3.63) is 29.8 Å². The van der Waals surface area contributed by atoms with Gasteiger partial charge in [-0.05, 0) is 54.5 Å². The summed E-state index contributed by atoms with van der Waals surface area (Å²) >= 11 is 2.07. The average Bonchev–Trinajstić information content (AvgIpc) is 2.77. The first kappa shape index (κ1) is 27.6. The molecular weight excluding hydrogens is 531 g/mol. The molecule has 2 heterocycles. The molecule has 32 heavy (non-hydrogen) atoms. The summed E-state index contributed by atoms with van der Waals surface area (Å²) in [7, 11) is 1.88. The summed E-state index contributed by atoms with van der Waals surface area (Å²) in [6.07, 6.45) is 4.48. The van der Waals surface area contributed by atoms with E-state index in [9.17, 15) is 0 Å². The van der Waals surface area contributed by atoms with Gasteiger partial charge in [-0.2, -0.15) is 11.8 Å². The van der Waals surface area contributed by atoms with Gasteiger partial charge in [-0.3, -0.25) is 4.99 Å². The molecule has 3 rings (SSSR count). The molecule has 2 N–H and O–H groups in total. The molecule has 1 aromatic carbocycles. The predicted octanol–water partition coefficient (Wildman–Crippen LogP) is 5.04. The predicted molar refractivity (Wildman–Crippen MR) is 151 cm³/mol. The van der Waals surface area contributed by atoms with Crippen molar-refractivity contribution in [2.75, 3.05) is 50.5 Å². The number of aliphatic imine (C=N–C) groups is 1. The molecule has 0 radical (unpaired) electrons. The number of hydrogen-bond acceptors (Lipinski definition) is 4. The van der Waals surface area contributed by atoms with Crippen molar-refractivity contribution in [2.45, 2.75) is 69.6 Å². The molecule has 2 aliphatic heterocycles. The van der Waals surface area contributed by atoms with Gasteiger partial charge in [0.05, 0.1) is 0 Å². The number of halogens is 1. The van der Waals surface area contributed by atoms with Crippen molar-refractivity contribution in [1.29, 1.82) is 0 Å². The molecule has 0 saturated carbocycles. The first-order valence-corrected chi connectivity index (χ1v) is 12.9. The van der Waals surface area contributed by atoms with Crippen LogP contribution in [0.2, 0.25) is 0 Å². The Morgan fingerprint density at radius 1 is 1.16 bits per heavy atom. The monoisotopic (exact) mass is 574 g/mol. The number of nitrogens with one attached hydrogen (secondary N) is 2. The Balaban J connectivity index is 0.00000363. The van der Waals surface area contributed by atoms with Crippen molar-refractivity contribution in [3.63, 3.8) is 0 Å². The smallest absolute Gasteiger partial charge is 0.191 e. The quantitative estimate of drug-likeness (QED) is 0.284. The first-order chi connectivity index (χ1) is 14.8. The number of nitrogens with zero attached hydrogens (tertiary/aromatic N) is 2. The van der Waals surface area contributed by atoms with E-state index in [-0.39, 0.29) is 34.1 Å². The Hall–Kier alpha value is -0.670. The molecule has 0 spiro atoms. The highest BCUT2D eigenvalue weighted by molar-refractivity contribution is 14.0. The third-order valence-corrected chi connectivity index (χ3v) is 8.04. The van der Waals surface area contributed by atoms with Crippen LogP contribution in [0.25, 0.3) is 0 Å². The minimum absolute atomic E-state index is 0. The van der Waals surface area contributed by atoms with E-state index in [1.165, 1.54) is 11.3 Å². The molecule has 5 nitrogen and oxygen atoms in total. The van der Waals surface area contributed by atoms with E-state index < -0.39 is 0 Å². The Kier molecular flexibility index (Phi) is 10.9. The molecule has 0 amide bonds. The Morgan fingerprint density at radius 3 is 2.31 bits per heavy atom. The molecule has 0 bridgehead atoms. The van der Waals surface area contributed by atoms with Crippen molar-refractivity contribution < 1.29 is 4.74 Å². The van der Waals surface area contributed by atoms with E-state index in [4.69, 9.17) is 4.74 Å². The number of rotatable bonds is 6. The van der Waals surface area contributed by atoms with Gasteiger partial charge in [-0.25, -0.2) is 0 Å². The number of anilines is 1. The number of hydrogen-bond donors (Lipinski definition) is 2. The van der Waals surface area contributed by atoms with Crippen LogP contribution < -0.4 is 15.5 Å². The van der Waals surface area contributed by atoms with Gasteiger partial charge in [0.1, 0.15) is 0 Å². The average molecular weight is 575 g/mol. The van der Waals surface area contributed by atoms with Crippen LogP contribution in [0.3, 0.4) is 0 Å². The topological polar surface area (TPSA) is 48.9 Å². The fraction of sp³-hybridized carbons (Fsp3) is 0.720. The first-order valence-electron chi connectivity index (χ1n) is 11.9. The standard InChI is InChI=1S/C25H42N4OS.HI/c1-6-31-25(13-17-30-18-14-25)19-27-23(26-5)28-21-11-15-29(16-12-21)22-9-7-20(8-10-22)24(2,3)4;/h7-10,21H,6,11-19H2,1-5H3,(H2,26,27,28);1H. The highest BCUT2D eigenvalue weighted by Gasteiger charge is 2.33. The largest absolute Gasteiger partial charge is 0.381 e. The summed E-state index contributed by atoms with van der Waals surface area (Å²) < 4.78 is 5.87. The highest BCUT2D eigenvalue weighted by atomic mass is 127. The van der Waals surface area contributed by atoms with Crippen molar-refractivity contribution in [2.24, 2.45) is 4.99 Å². The molecule has 1 aromatic rings. The molecule has 7 heteroatoms. The zero-order valence-corrected chi connectivity index (χ0v) is 23.7. The van der Waals surface area contributed by atoms with Crippen molar-refractivity contribution in [3.8, 4) is 0 Å². The molecule has 0 atom stereocenters. The summed E-state index contributed by atoms with van der Waals surface area (Å²) in [5.41, 5.74) is 2.94. The van der Waals surface area contributed by atoms with Gasteiger partial charge >= 0.3 is 0 Å². The van der Waals surface area contributed by atoms with Crippen LogP contribution in [-0.2, 0) is 10.2 Å². The van der Waals surface area contributed by atoms with E-state index in [0.717, 1.165) is 70.2 Å². The van der Waals surface area contributed by atoms with E-state index in [2.05, 4.69) is 84.2 Å². The maximum Gasteiger partial charge on any atom is 0.191 e. The van der Waals surface area contributed by atoms with Crippen LogP contribution in [-0.4, -0.2) is 62.4 Å². The van der Waals surface area contributed by atoms with E-state index >= 15 is 0 Å². The third-order valence-electron chi connectivity index (χ3n) is 6.59. The van der Waals surface area contributed by atoms with E-state index in [1.54, 1.807) is 0 Å². The van der Waals surface area contributed by atoms with E-state index in [1.807, 2.05) is 7.05 Å². The molecule has 0 aliphatic carbocycles. The lowest BCUT2D eigenvalue weighted by Crippen LogP contribution is -2.52. The summed E-state index contributed by atoms with van der Waals surface area (Å²) in [6, 6.07) is 9.61. The summed E-state index contributed by atoms with van der Waals surface area (Å²) in [4.78, 5) is 7.02. The molecular formula is C25H43IN4OS. The third kappa shape index (κ3) is 7.69. The Bertz CT molecular complexity index is 700. The normalized spacial score (nSPS) is 19.9. The lowest BCUT2D eigenvalue weighted by Gasteiger charge is -2.38. The molecule has 2 saturated heterocycles. The summed E-state index contributed by atoms with van der Waals surface area (Å²) in [5.74, 6) is 2.08. The van der Waals surface area contributed by atoms with Crippen LogP contribution in [0, 0.1) is 0 Å². The number of piperidine rings is 1. The second-order valence-corrected chi connectivity index (χ2v) is 11.6. The van der Waals surface area contributed by atoms with Gasteiger partial charge in [-0.15, -0.1) is 24.0 Å². The summed E-state index contributed by atoms with van der Waals surface area (Å²) in [5, 5.41) is 7.30. The van der Waals surface area contributed by atoms with Gasteiger partial charge < -0.3 is 20.3 Å².